The van der Waals surface area contributed by atoms with Gasteiger partial charge in [0.25, 0.3) is 0 Å². The van der Waals surface area contributed by atoms with Gasteiger partial charge in [0, 0.05) is 0 Å². The van der Waals surface area contributed by atoms with Crippen LogP contribution in [-0.4, -0.2) is 11.1 Å². The van der Waals surface area contributed by atoms with E-state index in [0.717, 1.165) is 17.5 Å². The van der Waals surface area contributed by atoms with E-state index in [1.54, 1.807) is 12.1 Å². The molecule has 0 aliphatic heterocycles. The van der Waals surface area contributed by atoms with Gasteiger partial charge in [-0.15, -0.1) is 0 Å². The molecule has 0 aliphatic rings. The summed E-state index contributed by atoms with van der Waals surface area (Å²) >= 11 is 0. The van der Waals surface area contributed by atoms with Crippen LogP contribution in [0.3, 0.4) is 0 Å². The fourth-order valence-corrected chi connectivity index (χ4v) is 2.02. The molecule has 0 saturated carbocycles. The van der Waals surface area contributed by atoms with Crippen LogP contribution in [-0.2, 0) is 6.42 Å². The van der Waals surface area contributed by atoms with Gasteiger partial charge in [-0.1, -0.05) is 48.6 Å². The molecule has 0 aromatic heterocycles. The topological polar surface area (TPSA) is 37.3 Å². The summed E-state index contributed by atoms with van der Waals surface area (Å²) in [6.45, 7) is 2.00. The minimum absolute atomic E-state index is 0.315. The summed E-state index contributed by atoms with van der Waals surface area (Å²) in [5, 5.41) is 8.91. The highest BCUT2D eigenvalue weighted by Crippen LogP contribution is 2.24. The monoisotopic (exact) mass is 252 g/mol. The molecule has 0 atom stereocenters. The van der Waals surface area contributed by atoms with Crippen LogP contribution in [0.15, 0.2) is 60.7 Å². The SMILES string of the molecule is CC=CCc1ccccc1-c1ccc(C(=O)O)cc1. The lowest BCUT2D eigenvalue weighted by Gasteiger charge is -2.08. The summed E-state index contributed by atoms with van der Waals surface area (Å²) in [5.74, 6) is -0.895. The van der Waals surface area contributed by atoms with Crippen molar-refractivity contribution in [1.82, 2.24) is 0 Å². The number of carboxylic acids is 1. The number of carboxylic acid groups (broad SMARTS) is 1. The van der Waals surface area contributed by atoms with Crippen molar-refractivity contribution in [2.24, 2.45) is 0 Å². The second-order valence-electron chi connectivity index (χ2n) is 4.31. The maximum atomic E-state index is 10.8. The van der Waals surface area contributed by atoms with Crippen LogP contribution in [0.25, 0.3) is 11.1 Å². The molecule has 96 valence electrons. The fraction of sp³-hybridized carbons (Fsp3) is 0.118. The Balaban J connectivity index is 2.38. The van der Waals surface area contributed by atoms with Gasteiger partial charge in [-0.25, -0.2) is 4.79 Å². The Hall–Kier alpha value is -2.35. The van der Waals surface area contributed by atoms with Gasteiger partial charge < -0.3 is 5.11 Å². The summed E-state index contributed by atoms with van der Waals surface area (Å²) in [7, 11) is 0. The lowest BCUT2D eigenvalue weighted by Crippen LogP contribution is -1.95. The molecule has 2 aromatic rings. The van der Waals surface area contributed by atoms with Crippen LogP contribution in [0.1, 0.15) is 22.8 Å². The molecule has 0 aliphatic carbocycles. The molecule has 1 N–H and O–H groups in total. The van der Waals surface area contributed by atoms with Crippen LogP contribution in [0.2, 0.25) is 0 Å². The molecular weight excluding hydrogens is 236 g/mol. The number of aromatic carboxylic acids is 1. The Morgan fingerprint density at radius 2 is 1.79 bits per heavy atom. The van der Waals surface area contributed by atoms with Crippen molar-refractivity contribution in [1.29, 1.82) is 0 Å². The number of allylic oxidation sites excluding steroid dienone is 2. The third-order valence-corrected chi connectivity index (χ3v) is 3.03. The zero-order valence-corrected chi connectivity index (χ0v) is 10.8. The minimum atomic E-state index is -0.895. The maximum absolute atomic E-state index is 10.8. The van der Waals surface area contributed by atoms with Gasteiger partial charge in [0.1, 0.15) is 0 Å². The molecule has 0 radical (unpaired) electrons. The molecule has 0 fully saturated rings. The highest BCUT2D eigenvalue weighted by Gasteiger charge is 2.05. The Labute approximate surface area is 113 Å². The first-order valence-corrected chi connectivity index (χ1v) is 6.25. The van der Waals surface area contributed by atoms with Gasteiger partial charge in [-0.05, 0) is 42.2 Å². The molecule has 0 bridgehead atoms. The molecule has 0 saturated heterocycles. The normalized spacial score (nSPS) is 10.8. The van der Waals surface area contributed by atoms with Gasteiger partial charge in [-0.3, -0.25) is 0 Å². The number of benzene rings is 2. The van der Waals surface area contributed by atoms with Gasteiger partial charge in [0.05, 0.1) is 5.56 Å². The van der Waals surface area contributed by atoms with Crippen LogP contribution < -0.4 is 0 Å². The summed E-state index contributed by atoms with van der Waals surface area (Å²) in [5.41, 5.74) is 3.75. The minimum Gasteiger partial charge on any atom is -0.478 e. The van der Waals surface area contributed by atoms with Gasteiger partial charge in [0.2, 0.25) is 0 Å². The predicted molar refractivity (Wildman–Crippen MR) is 77.4 cm³/mol. The summed E-state index contributed by atoms with van der Waals surface area (Å²) in [6.07, 6.45) is 5.03. The van der Waals surface area contributed by atoms with Crippen molar-refractivity contribution in [2.45, 2.75) is 13.3 Å². The van der Waals surface area contributed by atoms with E-state index < -0.39 is 5.97 Å². The van der Waals surface area contributed by atoms with E-state index >= 15 is 0 Å². The van der Waals surface area contributed by atoms with Crippen LogP contribution >= 0.6 is 0 Å². The van der Waals surface area contributed by atoms with Crippen LogP contribution in [0.5, 0.6) is 0 Å². The Morgan fingerprint density at radius 1 is 1.11 bits per heavy atom. The molecule has 0 heterocycles. The largest absolute Gasteiger partial charge is 0.478 e. The molecule has 2 nitrogen and oxygen atoms in total. The van der Waals surface area contributed by atoms with Crippen molar-refractivity contribution in [3.8, 4) is 11.1 Å². The second kappa shape index (κ2) is 6.01. The first kappa shape index (κ1) is 13.1. The molecular formula is C17H16O2. The van der Waals surface area contributed by atoms with Crippen molar-refractivity contribution in [2.75, 3.05) is 0 Å². The number of hydrogen-bond donors (Lipinski definition) is 1. The maximum Gasteiger partial charge on any atom is 0.335 e. The zero-order valence-electron chi connectivity index (χ0n) is 10.8. The molecule has 2 heteroatoms. The summed E-state index contributed by atoms with van der Waals surface area (Å²) in [6, 6.07) is 15.2. The average Bonchev–Trinajstić information content (AvgIpc) is 2.45. The van der Waals surface area contributed by atoms with Crippen molar-refractivity contribution >= 4 is 5.97 Å². The second-order valence-corrected chi connectivity index (χ2v) is 4.31. The Morgan fingerprint density at radius 3 is 2.42 bits per heavy atom. The van der Waals surface area contributed by atoms with Crippen molar-refractivity contribution in [3.63, 3.8) is 0 Å². The molecule has 0 spiro atoms. The molecule has 0 unspecified atom stereocenters. The molecule has 2 aromatic carbocycles. The summed E-state index contributed by atoms with van der Waals surface area (Å²) < 4.78 is 0. The van der Waals surface area contributed by atoms with Crippen molar-refractivity contribution in [3.05, 3.63) is 71.8 Å². The Kier molecular flexibility index (Phi) is 4.14. The highest BCUT2D eigenvalue weighted by molar-refractivity contribution is 5.88. The highest BCUT2D eigenvalue weighted by atomic mass is 16.4. The average molecular weight is 252 g/mol. The summed E-state index contributed by atoms with van der Waals surface area (Å²) in [4.78, 5) is 10.8. The van der Waals surface area contributed by atoms with Gasteiger partial charge in [0.15, 0.2) is 0 Å². The lowest BCUT2D eigenvalue weighted by molar-refractivity contribution is 0.0697. The van der Waals surface area contributed by atoms with E-state index in [2.05, 4.69) is 18.2 Å². The molecule has 2 rings (SSSR count). The predicted octanol–water partition coefficient (Wildman–Crippen LogP) is 4.17. The van der Waals surface area contributed by atoms with E-state index in [1.807, 2.05) is 37.3 Å². The Bertz CT molecular complexity index is 595. The number of hydrogen-bond acceptors (Lipinski definition) is 1. The number of carbonyl (C=O) groups is 1. The smallest absolute Gasteiger partial charge is 0.335 e. The quantitative estimate of drug-likeness (QED) is 0.829. The van der Waals surface area contributed by atoms with E-state index in [4.69, 9.17) is 5.11 Å². The van der Waals surface area contributed by atoms with E-state index in [9.17, 15) is 4.79 Å². The lowest BCUT2D eigenvalue weighted by atomic mass is 9.97. The molecule has 0 amide bonds. The zero-order chi connectivity index (χ0) is 13.7. The third kappa shape index (κ3) is 3.10. The number of rotatable bonds is 4. The van der Waals surface area contributed by atoms with Crippen LogP contribution in [0.4, 0.5) is 0 Å². The van der Waals surface area contributed by atoms with E-state index in [0.29, 0.717) is 5.56 Å². The van der Waals surface area contributed by atoms with Crippen molar-refractivity contribution < 1.29 is 9.90 Å². The van der Waals surface area contributed by atoms with E-state index in [1.165, 1.54) is 5.56 Å². The standard InChI is InChI=1S/C17H16O2/c1-2-3-6-13-7-4-5-8-16(13)14-9-11-15(12-10-14)17(18)19/h2-5,7-12H,6H2,1H3,(H,18,19). The van der Waals surface area contributed by atoms with E-state index in [-0.39, 0.29) is 0 Å². The van der Waals surface area contributed by atoms with Gasteiger partial charge in [-0.2, -0.15) is 0 Å². The molecule has 19 heavy (non-hydrogen) atoms. The first-order valence-electron chi connectivity index (χ1n) is 6.25. The third-order valence-electron chi connectivity index (χ3n) is 3.03. The fourth-order valence-electron chi connectivity index (χ4n) is 2.02. The first-order chi connectivity index (χ1) is 9.22. The van der Waals surface area contributed by atoms with Crippen LogP contribution in [0, 0.1) is 0 Å². The van der Waals surface area contributed by atoms with Gasteiger partial charge >= 0.3 is 5.97 Å².